The first kappa shape index (κ1) is 23.1. The zero-order chi connectivity index (χ0) is 23.4. The predicted octanol–water partition coefficient (Wildman–Crippen LogP) is 1.82. The minimum Gasteiger partial charge on any atom is -0.370 e. The van der Waals surface area contributed by atoms with Gasteiger partial charge in [0.25, 0.3) is 5.91 Å². The number of nitrogens with one attached hydrogen (secondary N) is 2. The first-order chi connectivity index (χ1) is 15.9. The molecule has 0 bridgehead atoms. The number of halogens is 1. The van der Waals surface area contributed by atoms with E-state index in [4.69, 9.17) is 16.3 Å². The molecule has 4 heterocycles. The Morgan fingerprint density at radius 1 is 1.30 bits per heavy atom. The van der Waals surface area contributed by atoms with E-state index in [9.17, 15) is 9.59 Å². The molecule has 3 aromatic rings. The van der Waals surface area contributed by atoms with Gasteiger partial charge in [0.2, 0.25) is 5.91 Å². The van der Waals surface area contributed by atoms with Gasteiger partial charge in [0, 0.05) is 36.7 Å². The number of amides is 2. The third kappa shape index (κ3) is 5.65. The molecular weight excluding hydrogens is 446 g/mol. The van der Waals surface area contributed by atoms with Crippen molar-refractivity contribution in [3.8, 4) is 0 Å². The number of hydrogen-bond acceptors (Lipinski definition) is 7. The van der Waals surface area contributed by atoms with Gasteiger partial charge < -0.3 is 15.0 Å². The minimum absolute atomic E-state index is 0.0751. The van der Waals surface area contributed by atoms with Crippen molar-refractivity contribution in [2.24, 2.45) is 0 Å². The molecule has 0 spiro atoms. The zero-order valence-electron chi connectivity index (χ0n) is 18.4. The second kappa shape index (κ2) is 10.2. The number of hydrogen-bond donors (Lipinski definition) is 2. The second-order valence-electron chi connectivity index (χ2n) is 8.13. The van der Waals surface area contributed by atoms with Crippen LogP contribution in [0.1, 0.15) is 42.3 Å². The topological polar surface area (TPSA) is 114 Å². The molecular formula is C22H26ClN7O3. The van der Waals surface area contributed by atoms with Crippen molar-refractivity contribution >= 4 is 29.1 Å². The second-order valence-corrected chi connectivity index (χ2v) is 8.57. The number of carbonyl (C=O) groups excluding carboxylic acids is 2. The van der Waals surface area contributed by atoms with Crippen LogP contribution < -0.4 is 10.6 Å². The van der Waals surface area contributed by atoms with Crippen molar-refractivity contribution in [3.05, 3.63) is 59.3 Å². The summed E-state index contributed by atoms with van der Waals surface area (Å²) in [7, 11) is 0. The summed E-state index contributed by atoms with van der Waals surface area (Å²) in [5.74, 6) is -0.370. The van der Waals surface area contributed by atoms with Crippen molar-refractivity contribution in [3.63, 3.8) is 0 Å². The first-order valence-corrected chi connectivity index (χ1v) is 11.1. The Balaban J connectivity index is 1.43. The van der Waals surface area contributed by atoms with Crippen molar-refractivity contribution in [2.75, 3.05) is 19.7 Å². The standard InChI is InChI=1S/C22H26ClN7O3/c1-14(2)27-19(28-22(32)15-4-3-5-24-9-15)8-20(31)29-6-7-33-18(13-29)17-11-26-30-12-16(23)10-25-21(17)30/h3-5,9-12,14,18-19,27H,6-8,13H2,1-2H3,(H,28,32). The summed E-state index contributed by atoms with van der Waals surface area (Å²) in [4.78, 5) is 35.8. The molecule has 2 N–H and O–H groups in total. The fourth-order valence-corrected chi connectivity index (χ4v) is 3.90. The number of rotatable bonds is 7. The Bertz CT molecular complexity index is 1120. The summed E-state index contributed by atoms with van der Waals surface area (Å²) in [6.07, 6.45) is 7.25. The SMILES string of the molecule is CC(C)NC(CC(=O)N1CCOC(c2cnn3cc(Cl)cnc23)C1)NC(=O)c1cccnc1. The molecule has 0 aliphatic carbocycles. The number of fused-ring (bicyclic) bond motifs is 1. The van der Waals surface area contributed by atoms with E-state index in [1.165, 1.54) is 6.20 Å². The monoisotopic (exact) mass is 471 g/mol. The van der Waals surface area contributed by atoms with E-state index in [2.05, 4.69) is 25.7 Å². The van der Waals surface area contributed by atoms with Crippen molar-refractivity contribution < 1.29 is 14.3 Å². The molecule has 33 heavy (non-hydrogen) atoms. The van der Waals surface area contributed by atoms with E-state index in [0.29, 0.717) is 35.9 Å². The summed E-state index contributed by atoms with van der Waals surface area (Å²) in [6.45, 7) is 5.16. The van der Waals surface area contributed by atoms with Gasteiger partial charge >= 0.3 is 0 Å². The molecule has 0 aromatic carbocycles. The summed E-state index contributed by atoms with van der Waals surface area (Å²) in [5.41, 5.74) is 1.88. The van der Waals surface area contributed by atoms with Crippen LogP contribution in [0.15, 0.2) is 43.1 Å². The van der Waals surface area contributed by atoms with E-state index in [1.807, 2.05) is 13.8 Å². The number of pyridine rings is 1. The summed E-state index contributed by atoms with van der Waals surface area (Å²) < 4.78 is 7.52. The smallest absolute Gasteiger partial charge is 0.254 e. The number of aromatic nitrogens is 4. The molecule has 3 aromatic heterocycles. The molecule has 2 unspecified atom stereocenters. The number of carbonyl (C=O) groups is 2. The molecule has 0 radical (unpaired) electrons. The van der Waals surface area contributed by atoms with Gasteiger partial charge in [-0.2, -0.15) is 5.10 Å². The Hall–Kier alpha value is -3.08. The average molecular weight is 472 g/mol. The van der Waals surface area contributed by atoms with Gasteiger partial charge in [0.1, 0.15) is 6.10 Å². The minimum atomic E-state index is -0.521. The van der Waals surface area contributed by atoms with E-state index in [0.717, 1.165) is 5.56 Å². The highest BCUT2D eigenvalue weighted by Crippen LogP contribution is 2.26. The van der Waals surface area contributed by atoms with Crippen LogP contribution >= 0.6 is 11.6 Å². The van der Waals surface area contributed by atoms with Crippen molar-refractivity contribution in [1.29, 1.82) is 0 Å². The largest absolute Gasteiger partial charge is 0.370 e. The van der Waals surface area contributed by atoms with Gasteiger partial charge in [0.15, 0.2) is 5.65 Å². The molecule has 4 rings (SSSR count). The lowest BCUT2D eigenvalue weighted by molar-refractivity contribution is -0.139. The van der Waals surface area contributed by atoms with Crippen LogP contribution in [-0.2, 0) is 9.53 Å². The quantitative estimate of drug-likeness (QED) is 0.505. The van der Waals surface area contributed by atoms with E-state index < -0.39 is 6.17 Å². The van der Waals surface area contributed by atoms with Crippen LogP contribution in [0.3, 0.4) is 0 Å². The maximum Gasteiger partial charge on any atom is 0.254 e. The normalized spacial score (nSPS) is 17.3. The van der Waals surface area contributed by atoms with E-state index in [1.54, 1.807) is 46.3 Å². The first-order valence-electron chi connectivity index (χ1n) is 10.8. The number of nitrogens with zero attached hydrogens (tertiary/aromatic N) is 5. The third-order valence-electron chi connectivity index (χ3n) is 5.26. The lowest BCUT2D eigenvalue weighted by Crippen LogP contribution is -2.52. The number of morpholine rings is 1. The maximum absolute atomic E-state index is 13.1. The van der Waals surface area contributed by atoms with E-state index in [-0.39, 0.29) is 30.4 Å². The van der Waals surface area contributed by atoms with Gasteiger partial charge in [-0.3, -0.25) is 19.9 Å². The van der Waals surface area contributed by atoms with Gasteiger partial charge in [-0.05, 0) is 26.0 Å². The molecule has 0 saturated carbocycles. The maximum atomic E-state index is 13.1. The molecule has 174 valence electrons. The van der Waals surface area contributed by atoms with E-state index >= 15 is 0 Å². The van der Waals surface area contributed by atoms with Crippen LogP contribution in [0.5, 0.6) is 0 Å². The summed E-state index contributed by atoms with van der Waals surface area (Å²) >= 11 is 5.99. The van der Waals surface area contributed by atoms with Crippen molar-refractivity contribution in [2.45, 2.75) is 38.6 Å². The molecule has 1 aliphatic rings. The van der Waals surface area contributed by atoms with Gasteiger partial charge in [-0.1, -0.05) is 11.6 Å². The fraction of sp³-hybridized carbons (Fsp3) is 0.409. The van der Waals surface area contributed by atoms with Crippen LogP contribution in [0.2, 0.25) is 5.02 Å². The van der Waals surface area contributed by atoms with Crippen molar-refractivity contribution in [1.82, 2.24) is 35.1 Å². The van der Waals surface area contributed by atoms with Crippen LogP contribution in [0, 0.1) is 0 Å². The Kier molecular flexibility index (Phi) is 7.17. The summed E-state index contributed by atoms with van der Waals surface area (Å²) in [6, 6.07) is 3.45. The Morgan fingerprint density at radius 3 is 2.91 bits per heavy atom. The predicted molar refractivity (Wildman–Crippen MR) is 122 cm³/mol. The molecule has 1 fully saturated rings. The molecule has 11 heteroatoms. The number of ether oxygens (including phenoxy) is 1. The van der Waals surface area contributed by atoms with Gasteiger partial charge in [-0.25, -0.2) is 9.50 Å². The van der Waals surface area contributed by atoms with Gasteiger partial charge in [0.05, 0.1) is 48.7 Å². The van der Waals surface area contributed by atoms with Crippen LogP contribution in [0.25, 0.3) is 5.65 Å². The summed E-state index contributed by atoms with van der Waals surface area (Å²) in [5, 5.41) is 10.9. The Labute approximate surface area is 196 Å². The fourth-order valence-electron chi connectivity index (χ4n) is 3.76. The van der Waals surface area contributed by atoms with Crippen LogP contribution in [-0.4, -0.2) is 68.2 Å². The third-order valence-corrected chi connectivity index (χ3v) is 5.46. The lowest BCUT2D eigenvalue weighted by Gasteiger charge is -2.34. The lowest BCUT2D eigenvalue weighted by atomic mass is 10.1. The zero-order valence-corrected chi connectivity index (χ0v) is 19.2. The van der Waals surface area contributed by atoms with Crippen LogP contribution in [0.4, 0.5) is 0 Å². The van der Waals surface area contributed by atoms with Gasteiger partial charge in [-0.15, -0.1) is 0 Å². The molecule has 1 saturated heterocycles. The molecule has 10 nitrogen and oxygen atoms in total. The molecule has 2 atom stereocenters. The highest BCUT2D eigenvalue weighted by atomic mass is 35.5. The molecule has 2 amide bonds. The highest BCUT2D eigenvalue weighted by Gasteiger charge is 2.29. The molecule has 1 aliphatic heterocycles. The highest BCUT2D eigenvalue weighted by molar-refractivity contribution is 6.30. The average Bonchev–Trinajstić information content (AvgIpc) is 3.22. The Morgan fingerprint density at radius 2 is 2.15 bits per heavy atom.